The van der Waals surface area contributed by atoms with Crippen LogP contribution in [0.3, 0.4) is 0 Å². The molecule has 27 heavy (non-hydrogen) atoms. The van der Waals surface area contributed by atoms with E-state index in [4.69, 9.17) is 0 Å². The Morgan fingerprint density at radius 3 is 2.93 bits per heavy atom. The van der Waals surface area contributed by atoms with Crippen molar-refractivity contribution in [1.29, 1.82) is 0 Å². The average Bonchev–Trinajstić information content (AvgIpc) is 3.34. The molecular weight excluding hydrogens is 342 g/mol. The fraction of sp³-hybridized carbons (Fsp3) is 0.421. The van der Waals surface area contributed by atoms with Gasteiger partial charge >= 0.3 is 0 Å². The van der Waals surface area contributed by atoms with Gasteiger partial charge in [-0.15, -0.1) is 0 Å². The zero-order valence-corrected chi connectivity index (χ0v) is 15.2. The van der Waals surface area contributed by atoms with E-state index in [1.807, 2.05) is 24.1 Å². The van der Waals surface area contributed by atoms with Gasteiger partial charge in [0.2, 0.25) is 0 Å². The Kier molecular flexibility index (Phi) is 3.60. The number of nitrogens with zero attached hydrogens (tertiary/aromatic N) is 6. The summed E-state index contributed by atoms with van der Waals surface area (Å²) < 4.78 is 0. The number of anilines is 1. The lowest BCUT2D eigenvalue weighted by atomic mass is 10.2. The summed E-state index contributed by atoms with van der Waals surface area (Å²) in [4.78, 5) is 38.0. The number of aromatic nitrogens is 5. The highest BCUT2D eigenvalue weighted by atomic mass is 16.2. The average molecular weight is 363 g/mol. The predicted octanol–water partition coefficient (Wildman–Crippen LogP) is 1.94. The number of carbonyl (C=O) groups is 1. The molecule has 0 bridgehead atoms. The molecule has 2 fully saturated rings. The number of aryl methyl sites for hydroxylation is 1. The van der Waals surface area contributed by atoms with Gasteiger partial charge in [-0.05, 0) is 32.3 Å². The number of aromatic amines is 1. The molecule has 138 valence electrons. The molecule has 1 saturated carbocycles. The molecule has 1 aliphatic heterocycles. The standard InChI is InChI=1S/C19H21N7O/c1-13-9-20-10-15(24-13)18(27)26-8-2-7-25(11-19(26)4-5-19)17-14-3-6-21-16(14)22-12-23-17/h3,6,9-10,12H,2,4-5,7-8,11H2,1H3,(H,21,22,23). The van der Waals surface area contributed by atoms with Crippen LogP contribution in [-0.4, -0.2) is 60.9 Å². The Labute approximate surface area is 156 Å². The van der Waals surface area contributed by atoms with E-state index in [0.717, 1.165) is 61.4 Å². The second-order valence-corrected chi connectivity index (χ2v) is 7.44. The van der Waals surface area contributed by atoms with Gasteiger partial charge in [0.1, 0.15) is 23.5 Å². The van der Waals surface area contributed by atoms with Gasteiger partial charge in [0, 0.05) is 32.0 Å². The van der Waals surface area contributed by atoms with Crippen LogP contribution in [0.1, 0.15) is 35.4 Å². The highest BCUT2D eigenvalue weighted by molar-refractivity contribution is 5.93. The monoisotopic (exact) mass is 363 g/mol. The largest absolute Gasteiger partial charge is 0.354 e. The maximum absolute atomic E-state index is 13.1. The third kappa shape index (κ3) is 2.72. The predicted molar refractivity (Wildman–Crippen MR) is 100 cm³/mol. The van der Waals surface area contributed by atoms with Gasteiger partial charge in [-0.25, -0.2) is 15.0 Å². The van der Waals surface area contributed by atoms with Crippen molar-refractivity contribution in [3.63, 3.8) is 0 Å². The number of hydrogen-bond donors (Lipinski definition) is 1. The first kappa shape index (κ1) is 16.2. The molecule has 1 N–H and O–H groups in total. The summed E-state index contributed by atoms with van der Waals surface area (Å²) in [5.41, 5.74) is 1.91. The van der Waals surface area contributed by atoms with E-state index in [2.05, 4.69) is 29.8 Å². The molecule has 1 amide bonds. The fourth-order valence-electron chi connectivity index (χ4n) is 4.06. The Morgan fingerprint density at radius 1 is 1.22 bits per heavy atom. The topological polar surface area (TPSA) is 90.9 Å². The molecule has 2 aliphatic rings. The summed E-state index contributed by atoms with van der Waals surface area (Å²) in [7, 11) is 0. The second kappa shape index (κ2) is 6.00. The van der Waals surface area contributed by atoms with E-state index in [0.29, 0.717) is 5.69 Å². The van der Waals surface area contributed by atoms with Crippen molar-refractivity contribution >= 4 is 22.8 Å². The molecule has 1 saturated heterocycles. The summed E-state index contributed by atoms with van der Waals surface area (Å²) in [6.45, 7) is 4.24. The van der Waals surface area contributed by atoms with Gasteiger partial charge in [0.25, 0.3) is 5.91 Å². The summed E-state index contributed by atoms with van der Waals surface area (Å²) >= 11 is 0. The number of fused-ring (bicyclic) bond motifs is 1. The van der Waals surface area contributed by atoms with Crippen molar-refractivity contribution in [3.8, 4) is 0 Å². The summed E-state index contributed by atoms with van der Waals surface area (Å²) in [5, 5.41) is 1.03. The number of H-pyrrole nitrogens is 1. The molecule has 0 atom stereocenters. The summed E-state index contributed by atoms with van der Waals surface area (Å²) in [5.74, 6) is 0.928. The first-order valence-corrected chi connectivity index (χ1v) is 9.30. The summed E-state index contributed by atoms with van der Waals surface area (Å²) in [6.07, 6.45) is 9.64. The minimum Gasteiger partial charge on any atom is -0.354 e. The number of hydrogen-bond acceptors (Lipinski definition) is 6. The number of rotatable bonds is 2. The first-order valence-electron chi connectivity index (χ1n) is 9.30. The highest BCUT2D eigenvalue weighted by Gasteiger charge is 2.52. The molecule has 0 radical (unpaired) electrons. The Hall–Kier alpha value is -3.03. The van der Waals surface area contributed by atoms with Crippen LogP contribution in [0.25, 0.3) is 11.0 Å². The SMILES string of the molecule is Cc1cncc(C(=O)N2CCCN(c3ncnc4[nH]ccc34)CC23CC3)n1. The molecule has 1 aliphatic carbocycles. The van der Waals surface area contributed by atoms with Crippen molar-refractivity contribution in [1.82, 2.24) is 29.8 Å². The smallest absolute Gasteiger partial charge is 0.274 e. The molecule has 3 aromatic heterocycles. The van der Waals surface area contributed by atoms with E-state index in [-0.39, 0.29) is 11.4 Å². The number of nitrogens with one attached hydrogen (secondary N) is 1. The molecule has 1 spiro atoms. The van der Waals surface area contributed by atoms with Crippen molar-refractivity contribution in [2.75, 3.05) is 24.5 Å². The molecule has 0 aromatic carbocycles. The maximum Gasteiger partial charge on any atom is 0.274 e. The minimum atomic E-state index is -0.132. The minimum absolute atomic E-state index is 0.0139. The van der Waals surface area contributed by atoms with Crippen LogP contribution in [0.15, 0.2) is 31.0 Å². The number of amides is 1. The van der Waals surface area contributed by atoms with Crippen LogP contribution in [-0.2, 0) is 0 Å². The lowest BCUT2D eigenvalue weighted by Crippen LogP contribution is -2.47. The zero-order chi connectivity index (χ0) is 18.4. The van der Waals surface area contributed by atoms with Gasteiger partial charge in [0.05, 0.1) is 22.8 Å². The van der Waals surface area contributed by atoms with Gasteiger partial charge in [-0.3, -0.25) is 9.78 Å². The van der Waals surface area contributed by atoms with Crippen LogP contribution >= 0.6 is 0 Å². The van der Waals surface area contributed by atoms with E-state index < -0.39 is 0 Å². The van der Waals surface area contributed by atoms with Crippen molar-refractivity contribution in [3.05, 3.63) is 42.4 Å². The van der Waals surface area contributed by atoms with Crippen molar-refractivity contribution in [2.24, 2.45) is 0 Å². The first-order chi connectivity index (χ1) is 13.2. The maximum atomic E-state index is 13.1. The van der Waals surface area contributed by atoms with Gasteiger partial charge < -0.3 is 14.8 Å². The molecular formula is C19H21N7O. The third-order valence-electron chi connectivity index (χ3n) is 5.55. The fourth-order valence-corrected chi connectivity index (χ4v) is 4.06. The van der Waals surface area contributed by atoms with Crippen LogP contribution in [0, 0.1) is 6.92 Å². The van der Waals surface area contributed by atoms with Crippen LogP contribution in [0.2, 0.25) is 0 Å². The Balaban J connectivity index is 1.46. The lowest BCUT2D eigenvalue weighted by molar-refractivity contribution is 0.0663. The molecule has 8 heteroatoms. The Morgan fingerprint density at radius 2 is 2.11 bits per heavy atom. The van der Waals surface area contributed by atoms with E-state index >= 15 is 0 Å². The van der Waals surface area contributed by atoms with Crippen molar-refractivity contribution in [2.45, 2.75) is 31.7 Å². The van der Waals surface area contributed by atoms with E-state index in [1.54, 1.807) is 18.7 Å². The van der Waals surface area contributed by atoms with Crippen LogP contribution < -0.4 is 4.90 Å². The van der Waals surface area contributed by atoms with Crippen molar-refractivity contribution < 1.29 is 4.79 Å². The normalized spacial score (nSPS) is 18.7. The van der Waals surface area contributed by atoms with Gasteiger partial charge in [-0.1, -0.05) is 0 Å². The van der Waals surface area contributed by atoms with Crippen LogP contribution in [0.4, 0.5) is 5.82 Å². The van der Waals surface area contributed by atoms with Crippen LogP contribution in [0.5, 0.6) is 0 Å². The third-order valence-corrected chi connectivity index (χ3v) is 5.55. The molecule has 3 aromatic rings. The molecule has 5 rings (SSSR count). The van der Waals surface area contributed by atoms with E-state index in [1.165, 1.54) is 0 Å². The summed E-state index contributed by atoms with van der Waals surface area (Å²) in [6, 6.07) is 2.01. The van der Waals surface area contributed by atoms with Gasteiger partial charge in [0.15, 0.2) is 0 Å². The Bertz CT molecular complexity index is 1010. The highest BCUT2D eigenvalue weighted by Crippen LogP contribution is 2.45. The lowest BCUT2D eigenvalue weighted by Gasteiger charge is -2.32. The number of carbonyl (C=O) groups excluding carboxylic acids is 1. The van der Waals surface area contributed by atoms with Gasteiger partial charge in [-0.2, -0.15) is 0 Å². The second-order valence-electron chi connectivity index (χ2n) is 7.44. The molecule has 4 heterocycles. The quantitative estimate of drug-likeness (QED) is 0.748. The van der Waals surface area contributed by atoms with E-state index in [9.17, 15) is 4.79 Å². The molecule has 8 nitrogen and oxygen atoms in total. The zero-order valence-electron chi connectivity index (χ0n) is 15.2. The molecule has 0 unspecified atom stereocenters.